The lowest BCUT2D eigenvalue weighted by Gasteiger charge is -2.03. The lowest BCUT2D eigenvalue weighted by molar-refractivity contribution is 0.0955. The first-order valence-corrected chi connectivity index (χ1v) is 6.72. The van der Waals surface area contributed by atoms with Gasteiger partial charge in [0.25, 0.3) is 5.91 Å². The molecule has 0 saturated heterocycles. The summed E-state index contributed by atoms with van der Waals surface area (Å²) >= 11 is 3.39. The molecule has 0 aromatic heterocycles. The van der Waals surface area contributed by atoms with Crippen LogP contribution in [0.3, 0.4) is 0 Å². The Hall–Kier alpha value is -2.14. The van der Waals surface area contributed by atoms with E-state index in [-0.39, 0.29) is 5.91 Å². The highest BCUT2D eigenvalue weighted by atomic mass is 79.9. The van der Waals surface area contributed by atoms with Crippen molar-refractivity contribution in [2.24, 2.45) is 5.10 Å². The van der Waals surface area contributed by atoms with Crippen LogP contribution in [-0.4, -0.2) is 19.2 Å². The van der Waals surface area contributed by atoms with Crippen molar-refractivity contribution >= 4 is 28.1 Å². The fraction of sp³-hybridized carbons (Fsp3) is 0.0667. The highest BCUT2D eigenvalue weighted by Gasteiger charge is 2.02. The molecule has 0 bridgehead atoms. The molecule has 0 aliphatic carbocycles. The molecule has 2 rings (SSSR count). The number of benzene rings is 2. The van der Waals surface area contributed by atoms with E-state index in [2.05, 4.69) is 26.5 Å². The molecular weight excluding hydrogens is 320 g/mol. The smallest absolute Gasteiger partial charge is 0.271 e. The maximum absolute atomic E-state index is 11.7. The van der Waals surface area contributed by atoms with E-state index in [4.69, 9.17) is 4.74 Å². The van der Waals surface area contributed by atoms with E-state index in [1.165, 1.54) is 0 Å². The number of ether oxygens (including phenoxy) is 1. The summed E-state index contributed by atoms with van der Waals surface area (Å²) in [7, 11) is 1.61. The van der Waals surface area contributed by atoms with Crippen molar-refractivity contribution in [1.29, 1.82) is 0 Å². The topological polar surface area (TPSA) is 50.7 Å². The molecule has 20 heavy (non-hydrogen) atoms. The summed E-state index contributed by atoms with van der Waals surface area (Å²) in [5, 5.41) is 3.93. The molecule has 0 heterocycles. The first-order chi connectivity index (χ1) is 9.70. The monoisotopic (exact) mass is 332 g/mol. The number of carbonyl (C=O) groups is 1. The second-order valence-electron chi connectivity index (χ2n) is 3.96. The number of hydrogen-bond acceptors (Lipinski definition) is 3. The first-order valence-electron chi connectivity index (χ1n) is 5.92. The fourth-order valence-corrected chi connectivity index (χ4v) is 2.14. The highest BCUT2D eigenvalue weighted by Crippen LogP contribution is 2.24. The zero-order chi connectivity index (χ0) is 14.4. The maximum atomic E-state index is 11.7. The van der Waals surface area contributed by atoms with E-state index < -0.39 is 0 Å². The van der Waals surface area contributed by atoms with Crippen LogP contribution in [0.2, 0.25) is 0 Å². The molecule has 0 aliphatic heterocycles. The number of hydrogen-bond donors (Lipinski definition) is 1. The third-order valence-electron chi connectivity index (χ3n) is 2.59. The fourth-order valence-electron chi connectivity index (χ4n) is 1.58. The van der Waals surface area contributed by atoms with Crippen LogP contribution in [0.15, 0.2) is 58.1 Å². The molecule has 0 radical (unpaired) electrons. The number of rotatable bonds is 4. The second kappa shape index (κ2) is 6.86. The molecule has 0 unspecified atom stereocenters. The zero-order valence-electron chi connectivity index (χ0n) is 10.8. The van der Waals surface area contributed by atoms with Gasteiger partial charge in [0, 0.05) is 5.56 Å². The normalized spacial score (nSPS) is 10.5. The number of hydrazone groups is 1. The number of methoxy groups -OCH3 is 1. The largest absolute Gasteiger partial charge is 0.496 e. The van der Waals surface area contributed by atoms with Gasteiger partial charge in [-0.25, -0.2) is 5.43 Å². The summed E-state index contributed by atoms with van der Waals surface area (Å²) in [5.74, 6) is 0.505. The van der Waals surface area contributed by atoms with Crippen LogP contribution < -0.4 is 10.2 Å². The number of amides is 1. The van der Waals surface area contributed by atoms with Gasteiger partial charge in [0.1, 0.15) is 5.75 Å². The van der Waals surface area contributed by atoms with E-state index in [1.807, 2.05) is 24.3 Å². The van der Waals surface area contributed by atoms with Gasteiger partial charge in [0.2, 0.25) is 0 Å². The molecule has 0 atom stereocenters. The van der Waals surface area contributed by atoms with Gasteiger partial charge in [0.05, 0.1) is 17.8 Å². The molecule has 0 fully saturated rings. The van der Waals surface area contributed by atoms with E-state index in [9.17, 15) is 4.79 Å². The molecule has 0 saturated carbocycles. The van der Waals surface area contributed by atoms with E-state index in [0.717, 1.165) is 15.8 Å². The Balaban J connectivity index is 2.00. The number of halogens is 1. The Morgan fingerprint density at radius 3 is 2.65 bits per heavy atom. The van der Waals surface area contributed by atoms with Crippen LogP contribution in [-0.2, 0) is 0 Å². The number of nitrogens with zero attached hydrogens (tertiary/aromatic N) is 1. The lowest BCUT2D eigenvalue weighted by Crippen LogP contribution is -2.17. The Bertz CT molecular complexity index is 627. The van der Waals surface area contributed by atoms with Crippen LogP contribution in [0.25, 0.3) is 0 Å². The lowest BCUT2D eigenvalue weighted by atomic mass is 10.2. The van der Waals surface area contributed by atoms with Gasteiger partial charge >= 0.3 is 0 Å². The van der Waals surface area contributed by atoms with E-state index >= 15 is 0 Å². The predicted molar refractivity (Wildman–Crippen MR) is 82.2 cm³/mol. The minimum Gasteiger partial charge on any atom is -0.496 e. The van der Waals surface area contributed by atoms with Gasteiger partial charge in [-0.05, 0) is 51.8 Å². The summed E-state index contributed by atoms with van der Waals surface area (Å²) in [6, 6.07) is 14.5. The summed E-state index contributed by atoms with van der Waals surface area (Å²) in [4.78, 5) is 11.7. The standard InChI is InChI=1S/C15H13BrN2O2/c1-20-14-8-7-11(9-13(14)16)10-17-18-15(19)12-5-3-2-4-6-12/h2-10H,1H3,(H,18,19)/b17-10+. The SMILES string of the molecule is COc1ccc(/C=N/NC(=O)c2ccccc2)cc1Br. The van der Waals surface area contributed by atoms with Crippen molar-refractivity contribution in [3.05, 3.63) is 64.1 Å². The van der Waals surface area contributed by atoms with Crippen LogP contribution in [0, 0.1) is 0 Å². The summed E-state index contributed by atoms with van der Waals surface area (Å²) in [5.41, 5.74) is 3.90. The average Bonchev–Trinajstić information content (AvgIpc) is 2.48. The zero-order valence-corrected chi connectivity index (χ0v) is 12.4. The Morgan fingerprint density at radius 1 is 1.25 bits per heavy atom. The van der Waals surface area contributed by atoms with Gasteiger partial charge in [-0.1, -0.05) is 18.2 Å². The van der Waals surface area contributed by atoms with E-state index in [1.54, 1.807) is 37.6 Å². The summed E-state index contributed by atoms with van der Waals surface area (Å²) < 4.78 is 5.97. The van der Waals surface area contributed by atoms with Gasteiger partial charge in [0.15, 0.2) is 0 Å². The van der Waals surface area contributed by atoms with Gasteiger partial charge in [-0.15, -0.1) is 0 Å². The molecule has 0 aliphatic rings. The first kappa shape index (κ1) is 14.3. The van der Waals surface area contributed by atoms with Crippen LogP contribution in [0.4, 0.5) is 0 Å². The summed E-state index contributed by atoms with van der Waals surface area (Å²) in [6.45, 7) is 0. The number of nitrogens with one attached hydrogen (secondary N) is 1. The number of carbonyl (C=O) groups excluding carboxylic acids is 1. The minimum atomic E-state index is -0.241. The molecular formula is C15H13BrN2O2. The van der Waals surface area contributed by atoms with Crippen molar-refractivity contribution in [3.8, 4) is 5.75 Å². The Morgan fingerprint density at radius 2 is 2.00 bits per heavy atom. The molecule has 4 nitrogen and oxygen atoms in total. The van der Waals surface area contributed by atoms with Gasteiger partial charge < -0.3 is 4.74 Å². The minimum absolute atomic E-state index is 0.241. The molecule has 1 N–H and O–H groups in total. The van der Waals surface area contributed by atoms with Crippen molar-refractivity contribution in [1.82, 2.24) is 5.43 Å². The van der Waals surface area contributed by atoms with Gasteiger partial charge in [-0.3, -0.25) is 4.79 Å². The summed E-state index contributed by atoms with van der Waals surface area (Å²) in [6.07, 6.45) is 1.57. The Labute approximate surface area is 125 Å². The highest BCUT2D eigenvalue weighted by molar-refractivity contribution is 9.10. The van der Waals surface area contributed by atoms with Crippen molar-refractivity contribution in [2.45, 2.75) is 0 Å². The van der Waals surface area contributed by atoms with Crippen LogP contribution >= 0.6 is 15.9 Å². The molecule has 102 valence electrons. The average molecular weight is 333 g/mol. The van der Waals surface area contributed by atoms with Crippen molar-refractivity contribution in [2.75, 3.05) is 7.11 Å². The van der Waals surface area contributed by atoms with Crippen LogP contribution in [0.1, 0.15) is 15.9 Å². The molecule has 5 heteroatoms. The molecule has 2 aromatic carbocycles. The van der Waals surface area contributed by atoms with Crippen molar-refractivity contribution < 1.29 is 9.53 Å². The van der Waals surface area contributed by atoms with Crippen molar-refractivity contribution in [3.63, 3.8) is 0 Å². The van der Waals surface area contributed by atoms with Gasteiger partial charge in [-0.2, -0.15) is 5.10 Å². The third kappa shape index (κ3) is 3.68. The van der Waals surface area contributed by atoms with Crippen LogP contribution in [0.5, 0.6) is 5.75 Å². The maximum Gasteiger partial charge on any atom is 0.271 e. The Kier molecular flexibility index (Phi) is 4.90. The molecule has 2 aromatic rings. The molecule has 0 spiro atoms. The second-order valence-corrected chi connectivity index (χ2v) is 4.81. The molecule has 1 amide bonds. The quantitative estimate of drug-likeness (QED) is 0.690. The van der Waals surface area contributed by atoms with E-state index in [0.29, 0.717) is 5.56 Å². The third-order valence-corrected chi connectivity index (χ3v) is 3.21. The predicted octanol–water partition coefficient (Wildman–Crippen LogP) is 3.22.